The first-order chi connectivity index (χ1) is 13.6. The molecule has 0 aliphatic rings. The molecule has 2 amide bonds. The molecule has 0 unspecified atom stereocenters. The van der Waals surface area contributed by atoms with Crippen LogP contribution in [0.25, 0.3) is 0 Å². The second-order valence-corrected chi connectivity index (χ2v) is 6.34. The summed E-state index contributed by atoms with van der Waals surface area (Å²) in [5.74, 6) is -0.469. The van der Waals surface area contributed by atoms with Crippen molar-refractivity contribution < 1.29 is 9.59 Å². The van der Waals surface area contributed by atoms with Crippen LogP contribution in [0.5, 0.6) is 0 Å². The van der Waals surface area contributed by atoms with E-state index in [-0.39, 0.29) is 11.8 Å². The summed E-state index contributed by atoms with van der Waals surface area (Å²) >= 11 is 0. The van der Waals surface area contributed by atoms with E-state index in [9.17, 15) is 9.59 Å². The van der Waals surface area contributed by atoms with Gasteiger partial charge >= 0.3 is 0 Å². The standard InChI is InChI=1S/C23H19N3O2/c1-26(16-18-13-11-17(15-24)12-14-18)23(28)20-9-5-6-10-21(20)25-22(27)19-7-3-2-4-8-19/h2-14H,16H2,1H3,(H,25,27). The van der Waals surface area contributed by atoms with Gasteiger partial charge in [0.15, 0.2) is 0 Å². The Bertz CT molecular complexity index is 1020. The second kappa shape index (κ2) is 8.65. The molecule has 3 aromatic rings. The molecule has 1 N–H and O–H groups in total. The Hall–Kier alpha value is -3.91. The third-order valence-corrected chi connectivity index (χ3v) is 4.29. The highest BCUT2D eigenvalue weighted by Crippen LogP contribution is 2.19. The summed E-state index contributed by atoms with van der Waals surface area (Å²) in [5.41, 5.74) is 2.90. The van der Waals surface area contributed by atoms with Crippen LogP contribution >= 0.6 is 0 Å². The molecule has 0 radical (unpaired) electrons. The quantitative estimate of drug-likeness (QED) is 0.736. The summed E-state index contributed by atoms with van der Waals surface area (Å²) in [6, 6.07) is 25.0. The van der Waals surface area contributed by atoms with Crippen molar-refractivity contribution in [3.63, 3.8) is 0 Å². The number of carbonyl (C=O) groups is 2. The van der Waals surface area contributed by atoms with Crippen LogP contribution in [0.3, 0.4) is 0 Å². The monoisotopic (exact) mass is 369 g/mol. The number of para-hydroxylation sites is 1. The van der Waals surface area contributed by atoms with Crippen LogP contribution in [-0.2, 0) is 6.54 Å². The maximum Gasteiger partial charge on any atom is 0.256 e. The molecule has 0 heterocycles. The summed E-state index contributed by atoms with van der Waals surface area (Å²) in [6.07, 6.45) is 0. The summed E-state index contributed by atoms with van der Waals surface area (Å²) in [4.78, 5) is 27.0. The number of rotatable bonds is 5. The van der Waals surface area contributed by atoms with E-state index in [1.807, 2.05) is 18.2 Å². The van der Waals surface area contributed by atoms with E-state index in [1.54, 1.807) is 72.6 Å². The average molecular weight is 369 g/mol. The maximum absolute atomic E-state index is 12.9. The normalized spacial score (nSPS) is 10.0. The van der Waals surface area contributed by atoms with Crippen molar-refractivity contribution in [2.75, 3.05) is 12.4 Å². The lowest BCUT2D eigenvalue weighted by Crippen LogP contribution is -2.27. The number of nitrogens with zero attached hydrogens (tertiary/aromatic N) is 2. The lowest BCUT2D eigenvalue weighted by molar-refractivity contribution is 0.0786. The van der Waals surface area contributed by atoms with Gasteiger partial charge in [-0.2, -0.15) is 5.26 Å². The molecule has 5 heteroatoms. The SMILES string of the molecule is CN(Cc1ccc(C#N)cc1)C(=O)c1ccccc1NC(=O)c1ccccc1. The van der Waals surface area contributed by atoms with Crippen molar-refractivity contribution >= 4 is 17.5 Å². The van der Waals surface area contributed by atoms with E-state index < -0.39 is 0 Å². The molecular weight excluding hydrogens is 350 g/mol. The minimum Gasteiger partial charge on any atom is -0.337 e. The fourth-order valence-corrected chi connectivity index (χ4v) is 2.80. The van der Waals surface area contributed by atoms with Gasteiger partial charge in [0, 0.05) is 19.2 Å². The van der Waals surface area contributed by atoms with E-state index in [4.69, 9.17) is 5.26 Å². The molecule has 0 atom stereocenters. The van der Waals surface area contributed by atoms with Gasteiger partial charge < -0.3 is 10.2 Å². The van der Waals surface area contributed by atoms with Crippen molar-refractivity contribution in [3.8, 4) is 6.07 Å². The van der Waals surface area contributed by atoms with Gasteiger partial charge in [0.2, 0.25) is 0 Å². The van der Waals surface area contributed by atoms with Crippen molar-refractivity contribution in [2.24, 2.45) is 0 Å². The molecule has 5 nitrogen and oxygen atoms in total. The molecule has 3 rings (SSSR count). The number of carbonyl (C=O) groups excluding carboxylic acids is 2. The highest BCUT2D eigenvalue weighted by Gasteiger charge is 2.17. The third-order valence-electron chi connectivity index (χ3n) is 4.29. The van der Waals surface area contributed by atoms with Crippen LogP contribution in [-0.4, -0.2) is 23.8 Å². The Morgan fingerprint density at radius 1 is 0.929 bits per heavy atom. The zero-order valence-electron chi connectivity index (χ0n) is 15.4. The summed E-state index contributed by atoms with van der Waals surface area (Å²) in [5, 5.41) is 11.7. The number of hydrogen-bond acceptors (Lipinski definition) is 3. The molecule has 28 heavy (non-hydrogen) atoms. The van der Waals surface area contributed by atoms with E-state index in [0.29, 0.717) is 28.9 Å². The van der Waals surface area contributed by atoms with Crippen LogP contribution in [0.1, 0.15) is 31.8 Å². The summed E-state index contributed by atoms with van der Waals surface area (Å²) in [7, 11) is 1.70. The minimum atomic E-state index is -0.268. The summed E-state index contributed by atoms with van der Waals surface area (Å²) < 4.78 is 0. The molecule has 0 fully saturated rings. The lowest BCUT2D eigenvalue weighted by Gasteiger charge is -2.19. The predicted octanol–water partition coefficient (Wildman–Crippen LogP) is 4.08. The highest BCUT2D eigenvalue weighted by atomic mass is 16.2. The number of benzene rings is 3. The first kappa shape index (κ1) is 18.9. The Kier molecular flexibility index (Phi) is 5.83. The largest absolute Gasteiger partial charge is 0.337 e. The molecule has 0 bridgehead atoms. The molecule has 0 aliphatic carbocycles. The van der Waals surface area contributed by atoms with E-state index in [2.05, 4.69) is 11.4 Å². The van der Waals surface area contributed by atoms with Crippen molar-refractivity contribution in [1.82, 2.24) is 4.90 Å². The summed E-state index contributed by atoms with van der Waals surface area (Å²) in [6.45, 7) is 0.394. The average Bonchev–Trinajstić information content (AvgIpc) is 2.74. The van der Waals surface area contributed by atoms with Crippen molar-refractivity contribution in [1.29, 1.82) is 5.26 Å². The van der Waals surface area contributed by atoms with Gasteiger partial charge in [0.1, 0.15) is 0 Å². The number of amides is 2. The predicted molar refractivity (Wildman–Crippen MR) is 108 cm³/mol. The van der Waals surface area contributed by atoms with Crippen molar-refractivity contribution in [3.05, 3.63) is 101 Å². The second-order valence-electron chi connectivity index (χ2n) is 6.34. The molecule has 138 valence electrons. The van der Waals surface area contributed by atoms with Crippen LogP contribution in [0, 0.1) is 11.3 Å². The maximum atomic E-state index is 12.9. The first-order valence-electron chi connectivity index (χ1n) is 8.78. The van der Waals surface area contributed by atoms with Gasteiger partial charge in [-0.05, 0) is 42.0 Å². The molecule has 3 aromatic carbocycles. The number of nitriles is 1. The van der Waals surface area contributed by atoms with Crippen LogP contribution in [0.4, 0.5) is 5.69 Å². The van der Waals surface area contributed by atoms with Gasteiger partial charge in [-0.15, -0.1) is 0 Å². The van der Waals surface area contributed by atoms with Crippen LogP contribution in [0.2, 0.25) is 0 Å². The fourth-order valence-electron chi connectivity index (χ4n) is 2.80. The van der Waals surface area contributed by atoms with Crippen LogP contribution < -0.4 is 5.32 Å². The van der Waals surface area contributed by atoms with Gasteiger partial charge in [-0.3, -0.25) is 9.59 Å². The Labute approximate surface area is 163 Å². The van der Waals surface area contributed by atoms with Crippen LogP contribution in [0.15, 0.2) is 78.9 Å². The number of anilines is 1. The lowest BCUT2D eigenvalue weighted by atomic mass is 10.1. The minimum absolute atomic E-state index is 0.201. The highest BCUT2D eigenvalue weighted by molar-refractivity contribution is 6.08. The zero-order valence-corrected chi connectivity index (χ0v) is 15.4. The van der Waals surface area contributed by atoms with Gasteiger partial charge in [-0.25, -0.2) is 0 Å². The van der Waals surface area contributed by atoms with E-state index in [1.165, 1.54) is 0 Å². The topological polar surface area (TPSA) is 73.2 Å². The molecule has 0 aliphatic heterocycles. The molecule has 0 saturated heterocycles. The van der Waals surface area contributed by atoms with E-state index in [0.717, 1.165) is 5.56 Å². The van der Waals surface area contributed by atoms with Gasteiger partial charge in [0.25, 0.3) is 11.8 Å². The number of hydrogen-bond donors (Lipinski definition) is 1. The molecular formula is C23H19N3O2. The first-order valence-corrected chi connectivity index (χ1v) is 8.78. The Balaban J connectivity index is 1.76. The Morgan fingerprint density at radius 3 is 2.25 bits per heavy atom. The number of nitrogens with one attached hydrogen (secondary N) is 1. The molecule has 0 saturated carbocycles. The Morgan fingerprint density at radius 2 is 1.57 bits per heavy atom. The fraction of sp³-hybridized carbons (Fsp3) is 0.0870. The molecule has 0 spiro atoms. The third kappa shape index (κ3) is 4.43. The zero-order chi connectivity index (χ0) is 19.9. The van der Waals surface area contributed by atoms with Gasteiger partial charge in [-0.1, -0.05) is 42.5 Å². The van der Waals surface area contributed by atoms with E-state index >= 15 is 0 Å². The van der Waals surface area contributed by atoms with Gasteiger partial charge in [0.05, 0.1) is 22.9 Å². The molecule has 0 aromatic heterocycles. The van der Waals surface area contributed by atoms with Crippen molar-refractivity contribution in [2.45, 2.75) is 6.54 Å². The smallest absolute Gasteiger partial charge is 0.256 e.